The molecule has 0 bridgehead atoms. The van der Waals surface area contributed by atoms with E-state index in [4.69, 9.17) is 10.5 Å². The van der Waals surface area contributed by atoms with Crippen LogP contribution >= 0.6 is 0 Å². The number of sulfonamides is 1. The van der Waals surface area contributed by atoms with Gasteiger partial charge in [-0.3, -0.25) is 4.79 Å². The number of benzene rings is 1. The fraction of sp³-hybridized carbons (Fsp3) is 0.417. The summed E-state index contributed by atoms with van der Waals surface area (Å²) in [5.41, 5.74) is 5.48. The fourth-order valence-electron chi connectivity index (χ4n) is 2.12. The summed E-state index contributed by atoms with van der Waals surface area (Å²) >= 11 is 0. The summed E-state index contributed by atoms with van der Waals surface area (Å²) in [6, 6.07) is 2.07. The molecule has 1 heterocycles. The first-order valence-electron chi connectivity index (χ1n) is 6.23. The molecule has 0 aliphatic carbocycles. The molecule has 3 N–H and O–H groups in total. The number of hydrogen-bond donors (Lipinski definition) is 2. The van der Waals surface area contributed by atoms with Crippen molar-refractivity contribution in [1.29, 1.82) is 0 Å². The van der Waals surface area contributed by atoms with E-state index in [0.29, 0.717) is 0 Å². The van der Waals surface area contributed by atoms with Crippen LogP contribution in [0.25, 0.3) is 0 Å². The second-order valence-electron chi connectivity index (χ2n) is 4.54. The predicted octanol–water partition coefficient (Wildman–Crippen LogP) is -0.457. The van der Waals surface area contributed by atoms with Crippen LogP contribution in [0.3, 0.4) is 0 Å². The van der Waals surface area contributed by atoms with Gasteiger partial charge in [0.1, 0.15) is 11.9 Å². The van der Waals surface area contributed by atoms with Crippen LogP contribution < -0.4 is 11.1 Å². The summed E-state index contributed by atoms with van der Waals surface area (Å²) in [4.78, 5) is 11.5. The van der Waals surface area contributed by atoms with Gasteiger partial charge in [-0.2, -0.15) is 4.31 Å². The minimum absolute atomic E-state index is 0.00155. The maximum Gasteiger partial charge on any atom is 0.244 e. The molecule has 7 nitrogen and oxygen atoms in total. The predicted molar refractivity (Wildman–Crippen MR) is 73.4 cm³/mol. The Labute approximate surface area is 121 Å². The lowest BCUT2D eigenvalue weighted by atomic mass is 10.2. The first-order chi connectivity index (χ1) is 9.86. The lowest BCUT2D eigenvalue weighted by molar-refractivity contribution is -0.128. The van der Waals surface area contributed by atoms with E-state index in [2.05, 4.69) is 5.32 Å². The zero-order valence-corrected chi connectivity index (χ0v) is 12.2. The first-order valence-corrected chi connectivity index (χ1v) is 7.67. The number of nitrogens with one attached hydrogen (secondary N) is 1. The minimum atomic E-state index is -4.04. The number of amides is 1. The van der Waals surface area contributed by atoms with Gasteiger partial charge in [0.15, 0.2) is 0 Å². The summed E-state index contributed by atoms with van der Waals surface area (Å²) in [6.07, 6.45) is 0. The second-order valence-corrected chi connectivity index (χ2v) is 6.43. The number of likely N-dealkylation sites (N-methyl/N-ethyl adjacent to an activating group) is 1. The van der Waals surface area contributed by atoms with Gasteiger partial charge in [0, 0.05) is 19.3 Å². The molecule has 1 aliphatic heterocycles. The summed E-state index contributed by atoms with van der Waals surface area (Å²) in [6.45, 7) is 0.123. The molecule has 9 heteroatoms. The van der Waals surface area contributed by atoms with Crippen molar-refractivity contribution in [3.05, 3.63) is 24.0 Å². The SMILES string of the molecule is CNC(=O)C1COCCN1S(=O)(=O)c1cc(N)cc(F)c1. The second kappa shape index (κ2) is 5.96. The van der Waals surface area contributed by atoms with E-state index in [0.717, 1.165) is 22.5 Å². The molecule has 1 saturated heterocycles. The molecule has 0 radical (unpaired) electrons. The molecule has 1 amide bonds. The zero-order valence-electron chi connectivity index (χ0n) is 11.4. The number of rotatable bonds is 3. The number of halogens is 1. The smallest absolute Gasteiger partial charge is 0.244 e. The van der Waals surface area contributed by atoms with E-state index in [1.807, 2.05) is 0 Å². The molecule has 21 heavy (non-hydrogen) atoms. The molecule has 0 spiro atoms. The maximum atomic E-state index is 13.4. The highest BCUT2D eigenvalue weighted by Crippen LogP contribution is 2.23. The zero-order chi connectivity index (χ0) is 15.6. The molecule has 0 saturated carbocycles. The fourth-order valence-corrected chi connectivity index (χ4v) is 3.74. The van der Waals surface area contributed by atoms with Gasteiger partial charge >= 0.3 is 0 Å². The number of ether oxygens (including phenoxy) is 1. The Morgan fingerprint density at radius 3 is 2.81 bits per heavy atom. The van der Waals surface area contributed by atoms with E-state index in [-0.39, 0.29) is 30.3 Å². The van der Waals surface area contributed by atoms with E-state index in [9.17, 15) is 17.6 Å². The van der Waals surface area contributed by atoms with E-state index in [1.54, 1.807) is 0 Å². The highest BCUT2D eigenvalue weighted by molar-refractivity contribution is 7.89. The Bertz CT molecular complexity index is 630. The van der Waals surface area contributed by atoms with Crippen LogP contribution in [0.5, 0.6) is 0 Å². The molecule has 2 rings (SSSR count). The maximum absolute atomic E-state index is 13.4. The van der Waals surface area contributed by atoms with Crippen molar-refractivity contribution in [2.45, 2.75) is 10.9 Å². The van der Waals surface area contributed by atoms with Gasteiger partial charge in [0.2, 0.25) is 15.9 Å². The number of carbonyl (C=O) groups is 1. The quantitative estimate of drug-likeness (QED) is 0.735. The van der Waals surface area contributed by atoms with Gasteiger partial charge < -0.3 is 15.8 Å². The van der Waals surface area contributed by atoms with E-state index < -0.39 is 27.8 Å². The van der Waals surface area contributed by atoms with Crippen molar-refractivity contribution in [1.82, 2.24) is 9.62 Å². The molecule has 116 valence electrons. The van der Waals surface area contributed by atoms with Crippen LogP contribution in [0.2, 0.25) is 0 Å². The Hall–Kier alpha value is -1.71. The molecular formula is C12H16FN3O4S. The van der Waals surface area contributed by atoms with Gasteiger partial charge in [0.05, 0.1) is 18.1 Å². The summed E-state index contributed by atoms with van der Waals surface area (Å²) in [5, 5.41) is 2.39. The summed E-state index contributed by atoms with van der Waals surface area (Å²) < 4.78 is 44.7. The van der Waals surface area contributed by atoms with Gasteiger partial charge in [0.25, 0.3) is 0 Å². The third-order valence-electron chi connectivity index (χ3n) is 3.13. The molecule has 1 atom stereocenters. The molecule has 1 aliphatic rings. The summed E-state index contributed by atoms with van der Waals surface area (Å²) in [5.74, 6) is -1.24. The number of nitrogens with zero attached hydrogens (tertiary/aromatic N) is 1. The molecule has 1 unspecified atom stereocenters. The number of nitrogens with two attached hydrogens (primary N) is 1. The van der Waals surface area contributed by atoms with E-state index in [1.165, 1.54) is 7.05 Å². The number of morpholine rings is 1. The topological polar surface area (TPSA) is 102 Å². The lowest BCUT2D eigenvalue weighted by Gasteiger charge is -2.33. The average Bonchev–Trinajstić information content (AvgIpc) is 2.45. The van der Waals surface area contributed by atoms with Crippen LogP contribution in [0.15, 0.2) is 23.1 Å². The Morgan fingerprint density at radius 2 is 2.19 bits per heavy atom. The molecule has 1 aromatic carbocycles. The summed E-state index contributed by atoms with van der Waals surface area (Å²) in [7, 11) is -2.63. The first kappa shape index (κ1) is 15.7. The molecule has 0 aromatic heterocycles. The van der Waals surface area contributed by atoms with Crippen LogP contribution in [0, 0.1) is 5.82 Å². The average molecular weight is 317 g/mol. The monoisotopic (exact) mass is 317 g/mol. The lowest BCUT2D eigenvalue weighted by Crippen LogP contribution is -2.55. The molecular weight excluding hydrogens is 301 g/mol. The van der Waals surface area contributed by atoms with Crippen LogP contribution in [-0.4, -0.2) is 51.5 Å². The normalized spacial score (nSPS) is 20.2. The van der Waals surface area contributed by atoms with Crippen LogP contribution in [0.4, 0.5) is 10.1 Å². The Kier molecular flexibility index (Phi) is 4.45. The number of anilines is 1. The van der Waals surface area contributed by atoms with Crippen molar-refractivity contribution in [3.8, 4) is 0 Å². The van der Waals surface area contributed by atoms with Crippen molar-refractivity contribution >= 4 is 21.6 Å². The van der Waals surface area contributed by atoms with Crippen LogP contribution in [0.1, 0.15) is 0 Å². The van der Waals surface area contributed by atoms with Gasteiger partial charge in [-0.1, -0.05) is 0 Å². The molecule has 1 aromatic rings. The van der Waals surface area contributed by atoms with Crippen molar-refractivity contribution in [3.63, 3.8) is 0 Å². The number of hydrogen-bond acceptors (Lipinski definition) is 5. The standard InChI is InChI=1S/C12H16FN3O4S/c1-15-12(17)11-7-20-3-2-16(11)21(18,19)10-5-8(13)4-9(14)6-10/h4-6,11H,2-3,7,14H2,1H3,(H,15,17). The molecule has 1 fully saturated rings. The highest BCUT2D eigenvalue weighted by atomic mass is 32.2. The van der Waals surface area contributed by atoms with Crippen LogP contribution in [-0.2, 0) is 19.6 Å². The van der Waals surface area contributed by atoms with Gasteiger partial charge in [-0.25, -0.2) is 12.8 Å². The number of carbonyl (C=O) groups excluding carboxylic acids is 1. The van der Waals surface area contributed by atoms with Gasteiger partial charge in [-0.05, 0) is 18.2 Å². The Balaban J connectivity index is 2.42. The third kappa shape index (κ3) is 3.14. The number of nitrogen functional groups attached to an aromatic ring is 1. The third-order valence-corrected chi connectivity index (χ3v) is 5.01. The highest BCUT2D eigenvalue weighted by Gasteiger charge is 2.38. The van der Waals surface area contributed by atoms with Crippen molar-refractivity contribution < 1.29 is 22.3 Å². The van der Waals surface area contributed by atoms with Crippen molar-refractivity contribution in [2.24, 2.45) is 0 Å². The van der Waals surface area contributed by atoms with Gasteiger partial charge in [-0.15, -0.1) is 0 Å². The Morgan fingerprint density at radius 1 is 1.48 bits per heavy atom. The van der Waals surface area contributed by atoms with E-state index >= 15 is 0 Å². The largest absolute Gasteiger partial charge is 0.399 e. The minimum Gasteiger partial charge on any atom is -0.399 e. The van der Waals surface area contributed by atoms with Crippen molar-refractivity contribution in [2.75, 3.05) is 32.5 Å².